The normalized spacial score (nSPS) is 10.7. The third kappa shape index (κ3) is 6.42. The number of benzene rings is 3. The average Bonchev–Trinajstić information content (AvgIpc) is 2.82. The summed E-state index contributed by atoms with van der Waals surface area (Å²) in [4.78, 5) is 24.0. The van der Waals surface area contributed by atoms with Crippen LogP contribution in [0, 0.1) is 11.3 Å². The molecule has 0 saturated carbocycles. The van der Waals surface area contributed by atoms with Gasteiger partial charge >= 0.3 is 11.8 Å². The predicted octanol–water partition coefficient (Wildman–Crippen LogP) is 4.27. The molecule has 7 nitrogen and oxygen atoms in total. The van der Waals surface area contributed by atoms with E-state index in [9.17, 15) is 9.59 Å². The molecule has 2 N–H and O–H groups in total. The Balaban J connectivity index is 1.51. The molecule has 8 heteroatoms. The van der Waals surface area contributed by atoms with Gasteiger partial charge in [0.2, 0.25) is 0 Å². The van der Waals surface area contributed by atoms with E-state index in [0.29, 0.717) is 34.3 Å². The summed E-state index contributed by atoms with van der Waals surface area (Å²) in [5.74, 6) is -1.09. The molecule has 2 amide bonds. The Hall–Kier alpha value is -4.15. The SMILES string of the molecule is C/C(=N\NC(=O)C(=O)Nc1ccc(C#N)cc1)c1ccc(OCc2ccc(Cl)cc2)cc1. The zero-order chi connectivity index (χ0) is 22.9. The molecule has 0 heterocycles. The van der Waals surface area contributed by atoms with Crippen LogP contribution >= 0.6 is 11.6 Å². The van der Waals surface area contributed by atoms with Crippen LogP contribution in [0.15, 0.2) is 77.9 Å². The number of nitrogens with one attached hydrogen (secondary N) is 2. The van der Waals surface area contributed by atoms with Crippen molar-refractivity contribution in [2.45, 2.75) is 13.5 Å². The van der Waals surface area contributed by atoms with E-state index in [1.807, 2.05) is 30.3 Å². The number of nitrogens with zero attached hydrogens (tertiary/aromatic N) is 2. The van der Waals surface area contributed by atoms with Gasteiger partial charge in [0.1, 0.15) is 12.4 Å². The zero-order valence-corrected chi connectivity index (χ0v) is 17.9. The Kier molecular flexibility index (Phi) is 7.57. The second-order valence-corrected chi connectivity index (χ2v) is 7.16. The van der Waals surface area contributed by atoms with Gasteiger partial charge in [0, 0.05) is 10.7 Å². The maximum atomic E-state index is 12.0. The van der Waals surface area contributed by atoms with E-state index in [0.717, 1.165) is 11.1 Å². The molecule has 3 aromatic rings. The number of nitriles is 1. The molecule has 0 aliphatic heterocycles. The van der Waals surface area contributed by atoms with E-state index < -0.39 is 11.8 Å². The third-order valence-electron chi connectivity index (χ3n) is 4.39. The summed E-state index contributed by atoms with van der Waals surface area (Å²) >= 11 is 5.87. The van der Waals surface area contributed by atoms with Crippen LogP contribution in [0.25, 0.3) is 0 Å². The summed E-state index contributed by atoms with van der Waals surface area (Å²) in [5.41, 5.74) is 5.37. The fourth-order valence-corrected chi connectivity index (χ4v) is 2.73. The van der Waals surface area contributed by atoms with Gasteiger partial charge in [-0.2, -0.15) is 10.4 Å². The van der Waals surface area contributed by atoms with E-state index in [2.05, 4.69) is 15.8 Å². The van der Waals surface area contributed by atoms with Crippen molar-refractivity contribution in [3.05, 3.63) is 94.5 Å². The van der Waals surface area contributed by atoms with Crippen LogP contribution < -0.4 is 15.5 Å². The highest BCUT2D eigenvalue weighted by molar-refractivity contribution is 6.39. The number of rotatable bonds is 6. The highest BCUT2D eigenvalue weighted by Crippen LogP contribution is 2.16. The molecule has 32 heavy (non-hydrogen) atoms. The second kappa shape index (κ2) is 10.8. The Morgan fingerprint density at radius 2 is 1.62 bits per heavy atom. The fourth-order valence-electron chi connectivity index (χ4n) is 2.61. The predicted molar refractivity (Wildman–Crippen MR) is 122 cm³/mol. The Morgan fingerprint density at radius 1 is 0.969 bits per heavy atom. The van der Waals surface area contributed by atoms with Crippen LogP contribution in [0.2, 0.25) is 5.02 Å². The average molecular weight is 447 g/mol. The zero-order valence-electron chi connectivity index (χ0n) is 17.1. The highest BCUT2D eigenvalue weighted by Gasteiger charge is 2.13. The number of hydrogen-bond acceptors (Lipinski definition) is 5. The van der Waals surface area contributed by atoms with E-state index in [1.54, 1.807) is 43.3 Å². The van der Waals surface area contributed by atoms with Gasteiger partial charge in [-0.1, -0.05) is 23.7 Å². The minimum Gasteiger partial charge on any atom is -0.489 e. The fraction of sp³-hybridized carbons (Fsp3) is 0.0833. The smallest absolute Gasteiger partial charge is 0.329 e. The maximum absolute atomic E-state index is 12.0. The minimum absolute atomic E-state index is 0.402. The Morgan fingerprint density at radius 3 is 2.25 bits per heavy atom. The van der Waals surface area contributed by atoms with Crippen LogP contribution in [0.1, 0.15) is 23.6 Å². The number of amides is 2. The van der Waals surface area contributed by atoms with Crippen LogP contribution in [-0.4, -0.2) is 17.5 Å². The molecule has 0 aromatic heterocycles. The van der Waals surface area contributed by atoms with Crippen LogP contribution in [-0.2, 0) is 16.2 Å². The molecule has 0 bridgehead atoms. The summed E-state index contributed by atoms with van der Waals surface area (Å²) < 4.78 is 5.74. The molecule has 3 rings (SSSR count). The largest absolute Gasteiger partial charge is 0.489 e. The molecular weight excluding hydrogens is 428 g/mol. The molecule has 0 atom stereocenters. The number of hydrazone groups is 1. The first-order valence-electron chi connectivity index (χ1n) is 9.58. The Labute approximate surface area is 190 Å². The number of carbonyl (C=O) groups excluding carboxylic acids is 2. The van der Waals surface area contributed by atoms with Gasteiger partial charge in [0.05, 0.1) is 17.3 Å². The lowest BCUT2D eigenvalue weighted by atomic mass is 10.1. The van der Waals surface area contributed by atoms with Gasteiger partial charge in [0.25, 0.3) is 0 Å². The van der Waals surface area contributed by atoms with Crippen molar-refractivity contribution in [3.8, 4) is 11.8 Å². The number of anilines is 1. The molecular formula is C24H19ClN4O3. The summed E-state index contributed by atoms with van der Waals surface area (Å²) in [6, 6.07) is 22.7. The first kappa shape index (κ1) is 22.5. The third-order valence-corrected chi connectivity index (χ3v) is 4.65. The van der Waals surface area contributed by atoms with Crippen molar-refractivity contribution in [3.63, 3.8) is 0 Å². The van der Waals surface area contributed by atoms with Gasteiger partial charge in [-0.05, 0) is 78.7 Å². The lowest BCUT2D eigenvalue weighted by Crippen LogP contribution is -2.32. The number of hydrogen-bond donors (Lipinski definition) is 2. The lowest BCUT2D eigenvalue weighted by molar-refractivity contribution is -0.136. The molecule has 0 aliphatic rings. The maximum Gasteiger partial charge on any atom is 0.329 e. The van der Waals surface area contributed by atoms with Crippen molar-refractivity contribution in [2.24, 2.45) is 5.10 Å². The van der Waals surface area contributed by atoms with Crippen molar-refractivity contribution >= 4 is 34.8 Å². The van der Waals surface area contributed by atoms with Gasteiger partial charge in [-0.3, -0.25) is 9.59 Å². The van der Waals surface area contributed by atoms with Crippen LogP contribution in [0.3, 0.4) is 0 Å². The first-order valence-corrected chi connectivity index (χ1v) is 9.96. The molecule has 0 unspecified atom stereocenters. The number of ether oxygens (including phenoxy) is 1. The van der Waals surface area contributed by atoms with Gasteiger partial charge in [0.15, 0.2) is 0 Å². The second-order valence-electron chi connectivity index (χ2n) is 6.72. The molecule has 0 fully saturated rings. The van der Waals surface area contributed by atoms with Crippen molar-refractivity contribution in [2.75, 3.05) is 5.32 Å². The summed E-state index contributed by atoms with van der Waals surface area (Å²) in [5, 5.41) is 15.9. The molecule has 3 aromatic carbocycles. The van der Waals surface area contributed by atoms with Crippen molar-refractivity contribution < 1.29 is 14.3 Å². The van der Waals surface area contributed by atoms with Crippen molar-refractivity contribution in [1.29, 1.82) is 5.26 Å². The van der Waals surface area contributed by atoms with E-state index >= 15 is 0 Å². The summed E-state index contributed by atoms with van der Waals surface area (Å²) in [6.45, 7) is 2.12. The summed E-state index contributed by atoms with van der Waals surface area (Å²) in [6.07, 6.45) is 0. The minimum atomic E-state index is -0.906. The standard InChI is InChI=1S/C24H19ClN4O3/c1-16(28-29-24(31)23(30)27-21-10-4-17(14-26)5-11-21)19-6-12-22(13-7-19)32-15-18-2-8-20(25)9-3-18/h2-13H,15H2,1H3,(H,27,30)(H,29,31)/b28-16+. The van der Waals surface area contributed by atoms with E-state index in [4.69, 9.17) is 21.6 Å². The van der Waals surface area contributed by atoms with E-state index in [-0.39, 0.29) is 0 Å². The van der Waals surface area contributed by atoms with Gasteiger partial charge < -0.3 is 10.1 Å². The van der Waals surface area contributed by atoms with Crippen LogP contribution in [0.5, 0.6) is 5.75 Å². The molecule has 0 saturated heterocycles. The highest BCUT2D eigenvalue weighted by atomic mass is 35.5. The lowest BCUT2D eigenvalue weighted by Gasteiger charge is -2.08. The van der Waals surface area contributed by atoms with Crippen LogP contribution in [0.4, 0.5) is 5.69 Å². The molecule has 0 spiro atoms. The van der Waals surface area contributed by atoms with Gasteiger partial charge in [-0.25, -0.2) is 5.43 Å². The Bertz CT molecular complexity index is 1170. The molecule has 0 aliphatic carbocycles. The van der Waals surface area contributed by atoms with Crippen molar-refractivity contribution in [1.82, 2.24) is 5.43 Å². The molecule has 0 radical (unpaired) electrons. The summed E-state index contributed by atoms with van der Waals surface area (Å²) in [7, 11) is 0. The number of carbonyl (C=O) groups is 2. The first-order chi connectivity index (χ1) is 15.4. The monoisotopic (exact) mass is 446 g/mol. The van der Waals surface area contributed by atoms with E-state index in [1.165, 1.54) is 12.1 Å². The topological polar surface area (TPSA) is 104 Å². The molecule has 160 valence electrons. The number of halogens is 1. The van der Waals surface area contributed by atoms with Gasteiger partial charge in [-0.15, -0.1) is 0 Å². The quantitative estimate of drug-likeness (QED) is 0.335.